The van der Waals surface area contributed by atoms with Gasteiger partial charge in [0.2, 0.25) is 0 Å². The predicted octanol–water partition coefficient (Wildman–Crippen LogP) is 1.51. The number of aliphatic imine (C=N–C) groups is 1. The summed E-state index contributed by atoms with van der Waals surface area (Å²) in [6.07, 6.45) is 2.58. The van der Waals surface area contributed by atoms with E-state index in [1.54, 1.807) is 20.0 Å². The molecule has 0 saturated heterocycles. The average Bonchev–Trinajstić information content (AvgIpc) is 2.12. The number of nitrogens with one attached hydrogen (secondary N) is 1. The second-order valence-corrected chi connectivity index (χ2v) is 2.45. The van der Waals surface area contributed by atoms with Crippen molar-refractivity contribution < 1.29 is 4.79 Å². The van der Waals surface area contributed by atoms with E-state index in [1.807, 2.05) is 13.8 Å². The van der Waals surface area contributed by atoms with E-state index in [1.165, 1.54) is 0 Å². The van der Waals surface area contributed by atoms with Crippen molar-refractivity contribution >= 4 is 11.6 Å². The topological polar surface area (TPSA) is 41.5 Å². The Bertz CT molecular complexity index is 217. The van der Waals surface area contributed by atoms with Crippen molar-refractivity contribution in [2.75, 3.05) is 7.05 Å². The van der Waals surface area contributed by atoms with Gasteiger partial charge < -0.3 is 5.32 Å². The molecule has 0 aromatic heterocycles. The maximum absolute atomic E-state index is 11.1. The molecular formula is C9H16N2O. The molecule has 0 aliphatic carbocycles. The molecule has 0 saturated carbocycles. The Morgan fingerprint density at radius 1 is 1.58 bits per heavy atom. The first-order valence-electron chi connectivity index (χ1n) is 4.08. The highest BCUT2D eigenvalue weighted by Gasteiger charge is 2.03. The van der Waals surface area contributed by atoms with Crippen molar-refractivity contribution in [1.29, 1.82) is 0 Å². The van der Waals surface area contributed by atoms with Gasteiger partial charge in [0.05, 0.1) is 0 Å². The van der Waals surface area contributed by atoms with Crippen LogP contribution in [0.4, 0.5) is 0 Å². The zero-order valence-electron chi connectivity index (χ0n) is 8.14. The molecule has 1 N–H and O–H groups in total. The van der Waals surface area contributed by atoms with Crippen molar-refractivity contribution in [3.05, 3.63) is 11.8 Å². The molecule has 0 spiro atoms. The van der Waals surface area contributed by atoms with Gasteiger partial charge in [-0.25, -0.2) is 0 Å². The largest absolute Gasteiger partial charge is 0.354 e. The monoisotopic (exact) mass is 168 g/mol. The predicted molar refractivity (Wildman–Crippen MR) is 51.2 cm³/mol. The minimum absolute atomic E-state index is 0.134. The third kappa shape index (κ3) is 3.32. The van der Waals surface area contributed by atoms with Crippen molar-refractivity contribution in [1.82, 2.24) is 5.32 Å². The van der Waals surface area contributed by atoms with Gasteiger partial charge in [0.1, 0.15) is 5.70 Å². The van der Waals surface area contributed by atoms with Crippen LogP contribution in [0.1, 0.15) is 27.2 Å². The van der Waals surface area contributed by atoms with Gasteiger partial charge in [-0.2, -0.15) is 0 Å². The number of amides is 1. The maximum Gasteiger partial charge on any atom is 0.269 e. The molecule has 68 valence electrons. The van der Waals surface area contributed by atoms with Gasteiger partial charge in [0.25, 0.3) is 5.91 Å². The molecule has 0 radical (unpaired) electrons. The summed E-state index contributed by atoms with van der Waals surface area (Å²) in [7, 11) is 1.60. The van der Waals surface area contributed by atoms with Gasteiger partial charge in [-0.3, -0.25) is 9.79 Å². The van der Waals surface area contributed by atoms with E-state index in [0.29, 0.717) is 5.70 Å². The highest BCUT2D eigenvalue weighted by Crippen LogP contribution is 1.98. The lowest BCUT2D eigenvalue weighted by Crippen LogP contribution is -2.19. The number of carbonyl (C=O) groups excluding carboxylic acids is 1. The fourth-order valence-corrected chi connectivity index (χ4v) is 0.659. The van der Waals surface area contributed by atoms with Crippen molar-refractivity contribution in [3.8, 4) is 0 Å². The third-order valence-corrected chi connectivity index (χ3v) is 1.56. The zero-order chi connectivity index (χ0) is 9.56. The van der Waals surface area contributed by atoms with Gasteiger partial charge >= 0.3 is 0 Å². The van der Waals surface area contributed by atoms with E-state index in [2.05, 4.69) is 10.3 Å². The van der Waals surface area contributed by atoms with Crippen LogP contribution < -0.4 is 5.32 Å². The summed E-state index contributed by atoms with van der Waals surface area (Å²) >= 11 is 0. The Morgan fingerprint density at radius 3 is 2.50 bits per heavy atom. The maximum atomic E-state index is 11.1. The summed E-state index contributed by atoms with van der Waals surface area (Å²) in [6, 6.07) is 0. The first-order chi connectivity index (χ1) is 5.65. The molecule has 0 aromatic carbocycles. The van der Waals surface area contributed by atoms with E-state index < -0.39 is 0 Å². The van der Waals surface area contributed by atoms with Gasteiger partial charge in [-0.15, -0.1) is 0 Å². The van der Waals surface area contributed by atoms with Gasteiger partial charge in [-0.05, 0) is 20.3 Å². The van der Waals surface area contributed by atoms with E-state index >= 15 is 0 Å². The van der Waals surface area contributed by atoms with Gasteiger partial charge in [-0.1, -0.05) is 13.0 Å². The minimum Gasteiger partial charge on any atom is -0.354 e. The summed E-state index contributed by atoms with van der Waals surface area (Å²) in [5, 5.41) is 2.53. The number of hydrogen-bond acceptors (Lipinski definition) is 2. The van der Waals surface area contributed by atoms with Crippen LogP contribution >= 0.6 is 0 Å². The number of likely N-dealkylation sites (N-methyl/N-ethyl adjacent to an activating group) is 1. The minimum atomic E-state index is -0.134. The van der Waals surface area contributed by atoms with Crippen LogP contribution in [0.25, 0.3) is 0 Å². The van der Waals surface area contributed by atoms with E-state index in [4.69, 9.17) is 0 Å². The highest BCUT2D eigenvalue weighted by molar-refractivity contribution is 5.96. The van der Waals surface area contributed by atoms with E-state index in [0.717, 1.165) is 12.1 Å². The summed E-state index contributed by atoms with van der Waals surface area (Å²) in [5.41, 5.74) is 1.45. The molecule has 0 aromatic rings. The Kier molecular flexibility index (Phi) is 5.00. The molecular weight excluding hydrogens is 152 g/mol. The molecule has 0 atom stereocenters. The molecule has 3 heteroatoms. The van der Waals surface area contributed by atoms with Gasteiger partial charge in [0, 0.05) is 12.8 Å². The van der Waals surface area contributed by atoms with Crippen LogP contribution in [0.3, 0.4) is 0 Å². The van der Waals surface area contributed by atoms with Gasteiger partial charge in [0.15, 0.2) is 0 Å². The number of rotatable bonds is 3. The highest BCUT2D eigenvalue weighted by atomic mass is 16.1. The fraction of sp³-hybridized carbons (Fsp3) is 0.556. The Labute approximate surface area is 73.6 Å². The average molecular weight is 168 g/mol. The smallest absolute Gasteiger partial charge is 0.269 e. The van der Waals surface area contributed by atoms with Crippen molar-refractivity contribution in [2.24, 2.45) is 4.99 Å². The Balaban J connectivity index is 4.50. The first-order valence-corrected chi connectivity index (χ1v) is 4.08. The second kappa shape index (κ2) is 5.52. The summed E-state index contributed by atoms with van der Waals surface area (Å²) in [4.78, 5) is 15.3. The van der Waals surface area contributed by atoms with E-state index in [-0.39, 0.29) is 5.91 Å². The fourth-order valence-electron chi connectivity index (χ4n) is 0.659. The molecule has 0 aliphatic rings. The molecule has 1 amide bonds. The molecule has 0 fully saturated rings. The molecule has 3 nitrogen and oxygen atoms in total. The van der Waals surface area contributed by atoms with Crippen LogP contribution in [0.15, 0.2) is 16.8 Å². The molecule has 12 heavy (non-hydrogen) atoms. The SMILES string of the molecule is C/C=C(\N=C(C)CC)C(=O)NC. The molecule has 0 bridgehead atoms. The Morgan fingerprint density at radius 2 is 2.17 bits per heavy atom. The second-order valence-electron chi connectivity index (χ2n) is 2.45. The van der Waals surface area contributed by atoms with Crippen LogP contribution in [-0.4, -0.2) is 18.7 Å². The normalized spacial score (nSPS) is 13.0. The number of carbonyl (C=O) groups is 1. The van der Waals surface area contributed by atoms with E-state index in [9.17, 15) is 4.79 Å². The number of nitrogens with zero attached hydrogens (tertiary/aromatic N) is 1. The van der Waals surface area contributed by atoms with Crippen LogP contribution in [0, 0.1) is 0 Å². The molecule has 0 rings (SSSR count). The van der Waals surface area contributed by atoms with Crippen LogP contribution in [0.5, 0.6) is 0 Å². The van der Waals surface area contributed by atoms with Crippen LogP contribution in [-0.2, 0) is 4.79 Å². The zero-order valence-corrected chi connectivity index (χ0v) is 8.14. The lowest BCUT2D eigenvalue weighted by Gasteiger charge is -2.00. The van der Waals surface area contributed by atoms with Crippen LogP contribution in [0.2, 0.25) is 0 Å². The summed E-state index contributed by atoms with van der Waals surface area (Å²) in [5.74, 6) is -0.134. The Hall–Kier alpha value is -1.12. The lowest BCUT2D eigenvalue weighted by atomic mass is 10.3. The van der Waals surface area contributed by atoms with Crippen molar-refractivity contribution in [3.63, 3.8) is 0 Å². The lowest BCUT2D eigenvalue weighted by molar-refractivity contribution is -0.117. The van der Waals surface area contributed by atoms with Crippen molar-refractivity contribution in [2.45, 2.75) is 27.2 Å². The molecule has 0 heterocycles. The summed E-state index contributed by atoms with van der Waals surface area (Å²) < 4.78 is 0. The molecule has 0 unspecified atom stereocenters. The number of hydrogen-bond donors (Lipinski definition) is 1. The third-order valence-electron chi connectivity index (χ3n) is 1.56. The first kappa shape index (κ1) is 10.9. The number of allylic oxidation sites excluding steroid dienone is 1. The summed E-state index contributed by atoms with van der Waals surface area (Å²) in [6.45, 7) is 5.72. The molecule has 0 aliphatic heterocycles. The standard InChI is InChI=1S/C9H16N2O/c1-5-7(3)11-8(6-2)9(12)10-4/h6H,5H2,1-4H3,(H,10,12)/b8-6-,11-7?. The quantitative estimate of drug-likeness (QED) is 0.503.